The van der Waals surface area contributed by atoms with E-state index in [2.05, 4.69) is 15.6 Å². The van der Waals surface area contributed by atoms with Crippen molar-refractivity contribution < 1.29 is 13.9 Å². The summed E-state index contributed by atoms with van der Waals surface area (Å²) in [5.41, 5.74) is 0.246. The Morgan fingerprint density at radius 2 is 2.38 bits per heavy atom. The molecule has 0 spiro atoms. The highest BCUT2D eigenvalue weighted by atomic mass is 19.1. The van der Waals surface area contributed by atoms with Crippen LogP contribution < -0.4 is 10.6 Å². The van der Waals surface area contributed by atoms with E-state index in [0.717, 1.165) is 38.5 Å². The molecule has 1 aliphatic rings. The number of hydrogen-bond acceptors (Lipinski definition) is 4. The van der Waals surface area contributed by atoms with E-state index >= 15 is 0 Å². The third-order valence-electron chi connectivity index (χ3n) is 3.42. The van der Waals surface area contributed by atoms with Crippen molar-refractivity contribution >= 4 is 11.7 Å². The van der Waals surface area contributed by atoms with Crippen molar-refractivity contribution in [1.29, 1.82) is 0 Å². The van der Waals surface area contributed by atoms with Crippen molar-refractivity contribution in [2.75, 3.05) is 25.0 Å². The molecule has 6 heteroatoms. The molecule has 0 aromatic carbocycles. The number of carbonyl (C=O) groups is 1. The van der Waals surface area contributed by atoms with Crippen LogP contribution in [0.4, 0.5) is 10.2 Å². The average Bonchev–Trinajstić information content (AvgIpc) is 2.99. The van der Waals surface area contributed by atoms with Gasteiger partial charge >= 0.3 is 0 Å². The van der Waals surface area contributed by atoms with E-state index in [1.54, 1.807) is 0 Å². The Morgan fingerprint density at radius 3 is 3.10 bits per heavy atom. The van der Waals surface area contributed by atoms with E-state index in [9.17, 15) is 9.18 Å². The summed E-state index contributed by atoms with van der Waals surface area (Å²) in [4.78, 5) is 16.1. The van der Waals surface area contributed by atoms with Crippen LogP contribution in [0.15, 0.2) is 12.3 Å². The molecule has 1 fully saturated rings. The first-order valence-electron chi connectivity index (χ1n) is 7.50. The van der Waals surface area contributed by atoms with Gasteiger partial charge in [-0.05, 0) is 31.7 Å². The number of ether oxygens (including phenoxy) is 1. The van der Waals surface area contributed by atoms with Gasteiger partial charge in [0.2, 0.25) is 0 Å². The van der Waals surface area contributed by atoms with Crippen LogP contribution >= 0.6 is 0 Å². The zero-order valence-electron chi connectivity index (χ0n) is 12.3. The molecule has 1 aliphatic heterocycles. The van der Waals surface area contributed by atoms with E-state index in [4.69, 9.17) is 4.74 Å². The number of nitrogens with one attached hydrogen (secondary N) is 2. The van der Waals surface area contributed by atoms with Crippen LogP contribution in [0.25, 0.3) is 0 Å². The Morgan fingerprint density at radius 1 is 1.52 bits per heavy atom. The molecule has 0 aliphatic carbocycles. The zero-order valence-corrected chi connectivity index (χ0v) is 12.3. The van der Waals surface area contributed by atoms with Crippen LogP contribution in [0.5, 0.6) is 0 Å². The highest BCUT2D eigenvalue weighted by Crippen LogP contribution is 2.16. The molecular weight excluding hydrogens is 273 g/mol. The molecule has 1 saturated heterocycles. The standard InChI is InChI=1S/C15H22FN3O2/c1-2-6-17-14-13(9-11(16)10-19-14)15(20)18-7-5-12-4-3-8-21-12/h9-10,12H,2-8H2,1H3,(H,17,19)(H,18,20). The van der Waals surface area contributed by atoms with Gasteiger partial charge in [0.1, 0.15) is 11.6 Å². The van der Waals surface area contributed by atoms with Gasteiger partial charge < -0.3 is 15.4 Å². The number of halogens is 1. The highest BCUT2D eigenvalue weighted by Gasteiger charge is 2.17. The topological polar surface area (TPSA) is 63.2 Å². The Balaban J connectivity index is 1.91. The SMILES string of the molecule is CCCNc1ncc(F)cc1C(=O)NCCC1CCCO1. The number of carbonyl (C=O) groups excluding carboxylic acids is 1. The normalized spacial score (nSPS) is 17.7. The van der Waals surface area contributed by atoms with Crippen molar-refractivity contribution in [3.05, 3.63) is 23.6 Å². The summed E-state index contributed by atoms with van der Waals surface area (Å²) in [5, 5.41) is 5.84. The first-order valence-corrected chi connectivity index (χ1v) is 7.50. The zero-order chi connectivity index (χ0) is 15.1. The second-order valence-corrected chi connectivity index (χ2v) is 5.16. The van der Waals surface area contributed by atoms with E-state index in [-0.39, 0.29) is 17.6 Å². The third kappa shape index (κ3) is 4.67. The molecule has 0 bridgehead atoms. The molecule has 116 valence electrons. The summed E-state index contributed by atoms with van der Waals surface area (Å²) in [6.45, 7) is 4.03. The lowest BCUT2D eigenvalue weighted by Crippen LogP contribution is -2.28. The highest BCUT2D eigenvalue weighted by molar-refractivity contribution is 5.98. The van der Waals surface area contributed by atoms with Gasteiger partial charge in [0.25, 0.3) is 5.91 Å². The maximum Gasteiger partial charge on any atom is 0.255 e. The van der Waals surface area contributed by atoms with E-state index in [1.807, 2.05) is 6.92 Å². The fraction of sp³-hybridized carbons (Fsp3) is 0.600. The monoisotopic (exact) mass is 295 g/mol. The lowest BCUT2D eigenvalue weighted by Gasteiger charge is -2.12. The first kappa shape index (κ1) is 15.7. The van der Waals surface area contributed by atoms with E-state index in [1.165, 1.54) is 6.07 Å². The Labute approximate surface area is 124 Å². The van der Waals surface area contributed by atoms with Gasteiger partial charge in [0.15, 0.2) is 0 Å². The largest absolute Gasteiger partial charge is 0.378 e. The van der Waals surface area contributed by atoms with E-state index < -0.39 is 5.82 Å². The quantitative estimate of drug-likeness (QED) is 0.810. The minimum atomic E-state index is -0.513. The third-order valence-corrected chi connectivity index (χ3v) is 3.42. The summed E-state index contributed by atoms with van der Waals surface area (Å²) in [5.74, 6) is -0.396. The summed E-state index contributed by atoms with van der Waals surface area (Å²) >= 11 is 0. The molecule has 1 aromatic rings. The van der Waals surface area contributed by atoms with Gasteiger partial charge in [-0.25, -0.2) is 9.37 Å². The van der Waals surface area contributed by atoms with Crippen LogP contribution in [-0.4, -0.2) is 36.7 Å². The molecule has 1 aromatic heterocycles. The predicted octanol–water partition coefficient (Wildman–Crippen LogP) is 2.34. The summed E-state index contributed by atoms with van der Waals surface area (Å²) in [6, 6.07) is 1.21. The lowest BCUT2D eigenvalue weighted by atomic mass is 10.2. The Kier molecular flexibility index (Phi) is 5.92. The van der Waals surface area contributed by atoms with Crippen molar-refractivity contribution in [2.45, 2.75) is 38.7 Å². The Hall–Kier alpha value is -1.69. The fourth-order valence-corrected chi connectivity index (χ4v) is 2.31. The van der Waals surface area contributed by atoms with Crippen LogP contribution in [0.1, 0.15) is 43.0 Å². The molecule has 2 heterocycles. The molecule has 1 atom stereocenters. The second kappa shape index (κ2) is 7.93. The van der Waals surface area contributed by atoms with E-state index in [0.29, 0.717) is 18.9 Å². The number of nitrogens with zero attached hydrogens (tertiary/aromatic N) is 1. The fourth-order valence-electron chi connectivity index (χ4n) is 2.31. The number of pyridine rings is 1. The molecular formula is C15H22FN3O2. The van der Waals surface area contributed by atoms with Gasteiger partial charge in [-0.15, -0.1) is 0 Å². The van der Waals surface area contributed by atoms with Crippen molar-refractivity contribution in [3.63, 3.8) is 0 Å². The van der Waals surface area contributed by atoms with Crippen LogP contribution in [0.2, 0.25) is 0 Å². The summed E-state index contributed by atoms with van der Waals surface area (Å²) < 4.78 is 18.8. The van der Waals surface area contributed by atoms with Crippen molar-refractivity contribution in [2.24, 2.45) is 0 Å². The van der Waals surface area contributed by atoms with Crippen LogP contribution in [-0.2, 0) is 4.74 Å². The first-order chi connectivity index (χ1) is 10.2. The number of aromatic nitrogens is 1. The van der Waals surface area contributed by atoms with Crippen LogP contribution in [0, 0.1) is 5.82 Å². The molecule has 5 nitrogen and oxygen atoms in total. The molecule has 0 saturated carbocycles. The van der Waals surface area contributed by atoms with Crippen LogP contribution in [0.3, 0.4) is 0 Å². The number of anilines is 1. The van der Waals surface area contributed by atoms with Gasteiger partial charge in [-0.3, -0.25) is 4.79 Å². The van der Waals surface area contributed by atoms with Crippen molar-refractivity contribution in [3.8, 4) is 0 Å². The van der Waals surface area contributed by atoms with Gasteiger partial charge in [0, 0.05) is 19.7 Å². The van der Waals surface area contributed by atoms with Gasteiger partial charge in [0.05, 0.1) is 17.9 Å². The maximum absolute atomic E-state index is 13.3. The molecule has 21 heavy (non-hydrogen) atoms. The number of rotatable bonds is 7. The molecule has 0 radical (unpaired) electrons. The summed E-state index contributed by atoms with van der Waals surface area (Å²) in [6.07, 6.45) is 5.15. The number of amides is 1. The molecule has 2 rings (SSSR count). The Bertz CT molecular complexity index is 476. The molecule has 2 N–H and O–H groups in total. The molecule has 1 unspecified atom stereocenters. The smallest absolute Gasteiger partial charge is 0.255 e. The lowest BCUT2D eigenvalue weighted by molar-refractivity contribution is 0.0907. The van der Waals surface area contributed by atoms with Gasteiger partial charge in [-0.1, -0.05) is 6.92 Å². The predicted molar refractivity (Wildman–Crippen MR) is 78.9 cm³/mol. The maximum atomic E-state index is 13.3. The van der Waals surface area contributed by atoms with Gasteiger partial charge in [-0.2, -0.15) is 0 Å². The van der Waals surface area contributed by atoms with Crippen molar-refractivity contribution in [1.82, 2.24) is 10.3 Å². The number of hydrogen-bond donors (Lipinski definition) is 2. The molecule has 1 amide bonds. The minimum absolute atomic E-state index is 0.230. The second-order valence-electron chi connectivity index (χ2n) is 5.16. The minimum Gasteiger partial charge on any atom is -0.378 e. The summed E-state index contributed by atoms with van der Waals surface area (Å²) in [7, 11) is 0. The average molecular weight is 295 g/mol.